The van der Waals surface area contributed by atoms with Crippen molar-refractivity contribution in [1.82, 2.24) is 4.90 Å². The standard InChI is InChI=1S/C48H73NO12/c1-28-13-10-9-11-14-29(2)43(59-8)25-36-18-16-34(7)48(58,61-36)45(55)46(56)49-20-12-15-37(49)47(57)60-44(33(6)23-35-17-19-38(50)42(54)24-35)27-41(53)32(5)22-31(4)40(52)26-39(51)30(3)21-28/h9-11,13-14,22,28,30,32-38,40,42-44,50,52,54,58H,12,15-21,23-27H2,1-8H3/b11-9+,13-10-,29-14+,31-22-/t28-,30-,32-,33-,34-,35?,36+,37+,38+,40+,42+,43+,44+,48-/m1/s1. The number of Topliss-reactive ketones (excluding diaryl/α,β-unsaturated/α-hetero) is 3. The van der Waals surface area contributed by atoms with Crippen LogP contribution in [0.2, 0.25) is 0 Å². The van der Waals surface area contributed by atoms with E-state index in [1.807, 2.05) is 58.1 Å². The largest absolute Gasteiger partial charge is 0.460 e. The molecule has 61 heavy (non-hydrogen) atoms. The Kier molecular flexibility index (Phi) is 18.8. The van der Waals surface area contributed by atoms with Gasteiger partial charge < -0.3 is 39.5 Å². The van der Waals surface area contributed by atoms with Crippen molar-refractivity contribution in [2.75, 3.05) is 13.7 Å². The molecule has 342 valence electrons. The molecule has 3 heterocycles. The molecule has 0 radical (unpaired) electrons. The number of nitrogens with zero attached hydrogens (tertiary/aromatic N) is 1. The molecular weight excluding hydrogens is 783 g/mol. The average molecular weight is 856 g/mol. The number of methoxy groups -OCH3 is 1. The molecule has 0 spiro atoms. The Morgan fingerprint density at radius 2 is 1.57 bits per heavy atom. The van der Waals surface area contributed by atoms with Gasteiger partial charge in [-0.25, -0.2) is 4.79 Å². The zero-order valence-electron chi connectivity index (χ0n) is 37.7. The summed E-state index contributed by atoms with van der Waals surface area (Å²) in [4.78, 5) is 70.3. The van der Waals surface area contributed by atoms with E-state index in [0.717, 1.165) is 10.5 Å². The summed E-state index contributed by atoms with van der Waals surface area (Å²) in [5, 5.41) is 43.4. The van der Waals surface area contributed by atoms with Crippen LogP contribution < -0.4 is 0 Å². The maximum Gasteiger partial charge on any atom is 0.329 e. The molecule has 0 aromatic carbocycles. The summed E-state index contributed by atoms with van der Waals surface area (Å²) in [5.41, 5.74) is 1.37. The van der Waals surface area contributed by atoms with E-state index < -0.39 is 77.9 Å². The van der Waals surface area contributed by atoms with Crippen LogP contribution in [0.1, 0.15) is 126 Å². The highest BCUT2D eigenvalue weighted by atomic mass is 16.6. The lowest BCUT2D eigenvalue weighted by Crippen LogP contribution is -2.59. The second kappa shape index (κ2) is 22.9. The van der Waals surface area contributed by atoms with E-state index in [2.05, 4.69) is 0 Å². The molecule has 13 heteroatoms. The van der Waals surface area contributed by atoms with E-state index in [1.165, 1.54) is 0 Å². The number of carbonyl (C=O) groups is 5. The number of amides is 1. The highest BCUT2D eigenvalue weighted by molar-refractivity contribution is 6.39. The number of allylic oxidation sites excluding steroid dienone is 6. The molecule has 1 unspecified atom stereocenters. The van der Waals surface area contributed by atoms with Gasteiger partial charge >= 0.3 is 5.97 Å². The van der Waals surface area contributed by atoms with Crippen molar-refractivity contribution in [2.24, 2.45) is 35.5 Å². The van der Waals surface area contributed by atoms with Gasteiger partial charge in [0.2, 0.25) is 5.79 Å². The fourth-order valence-corrected chi connectivity index (χ4v) is 9.38. The zero-order chi connectivity index (χ0) is 45.2. The third-order valence-electron chi connectivity index (χ3n) is 13.6. The number of hydrogen-bond acceptors (Lipinski definition) is 12. The molecule has 4 rings (SSSR count). The van der Waals surface area contributed by atoms with Crippen LogP contribution in [0.5, 0.6) is 0 Å². The Balaban J connectivity index is 1.64. The van der Waals surface area contributed by atoms with Gasteiger partial charge in [-0.1, -0.05) is 71.1 Å². The van der Waals surface area contributed by atoms with Crippen LogP contribution in [0.3, 0.4) is 0 Å². The SMILES string of the molecule is CO[C@H]1C[C@@H]2CC[C@@H](C)[C@@](O)(O2)C(=O)C(=O)N2CCC[C@H]2C(=O)O[C@H]([C@H](C)CC2CC[C@H](O)[C@@H](O)C2)CC(=O)[C@H](C)/C=C(/C)[C@@H](O)CC(=O)[C@H](C)C[C@H](C)\C=C/C=C/C=C/1C. The number of carbonyl (C=O) groups excluding carboxylic acids is 5. The summed E-state index contributed by atoms with van der Waals surface area (Å²) in [6.45, 7) is 12.8. The van der Waals surface area contributed by atoms with E-state index >= 15 is 0 Å². The summed E-state index contributed by atoms with van der Waals surface area (Å²) in [7, 11) is 1.57. The fraction of sp³-hybridized carbons (Fsp3) is 0.729. The number of aliphatic hydroxyl groups excluding tert-OH is 3. The number of fused-ring (bicyclic) bond motifs is 3. The third kappa shape index (κ3) is 13.6. The Morgan fingerprint density at radius 3 is 2.26 bits per heavy atom. The first kappa shape index (κ1) is 50.3. The fourth-order valence-electron chi connectivity index (χ4n) is 9.38. The molecule has 14 atom stereocenters. The number of ether oxygens (including phenoxy) is 3. The van der Waals surface area contributed by atoms with Gasteiger partial charge in [0.05, 0.1) is 30.5 Å². The molecule has 3 aliphatic heterocycles. The highest BCUT2D eigenvalue weighted by Crippen LogP contribution is 2.37. The molecule has 2 bridgehead atoms. The van der Waals surface area contributed by atoms with Crippen molar-refractivity contribution in [1.29, 1.82) is 0 Å². The number of aliphatic hydroxyl groups is 4. The van der Waals surface area contributed by atoms with Crippen molar-refractivity contribution in [3.05, 3.63) is 47.6 Å². The van der Waals surface area contributed by atoms with E-state index in [4.69, 9.17) is 14.2 Å². The monoisotopic (exact) mass is 856 g/mol. The zero-order valence-corrected chi connectivity index (χ0v) is 37.7. The van der Waals surface area contributed by atoms with Crippen LogP contribution in [0.25, 0.3) is 0 Å². The molecule has 13 nitrogen and oxygen atoms in total. The summed E-state index contributed by atoms with van der Waals surface area (Å²) >= 11 is 0. The number of cyclic esters (lactones) is 1. The molecule has 0 aromatic rings. The summed E-state index contributed by atoms with van der Waals surface area (Å²) in [6.07, 6.45) is 10.7. The van der Waals surface area contributed by atoms with E-state index in [0.29, 0.717) is 63.4 Å². The number of esters is 1. The van der Waals surface area contributed by atoms with Crippen molar-refractivity contribution in [2.45, 2.75) is 174 Å². The van der Waals surface area contributed by atoms with Crippen LogP contribution in [-0.4, -0.2) is 117 Å². The van der Waals surface area contributed by atoms with Crippen LogP contribution >= 0.6 is 0 Å². The Bertz CT molecular complexity index is 1670. The van der Waals surface area contributed by atoms with Gasteiger partial charge in [0.25, 0.3) is 11.7 Å². The van der Waals surface area contributed by atoms with Gasteiger partial charge in [-0.3, -0.25) is 19.2 Å². The number of rotatable bonds is 4. The second-order valence-electron chi connectivity index (χ2n) is 18.7. The minimum Gasteiger partial charge on any atom is -0.460 e. The van der Waals surface area contributed by atoms with E-state index in [-0.39, 0.29) is 61.0 Å². The smallest absolute Gasteiger partial charge is 0.329 e. The number of ketones is 3. The summed E-state index contributed by atoms with van der Waals surface area (Å²) in [5.74, 6) is -7.70. The molecule has 4 aliphatic rings. The summed E-state index contributed by atoms with van der Waals surface area (Å²) < 4.78 is 18.0. The molecule has 1 amide bonds. The van der Waals surface area contributed by atoms with Crippen LogP contribution in [-0.2, 0) is 38.2 Å². The highest BCUT2D eigenvalue weighted by Gasteiger charge is 2.53. The predicted molar refractivity (Wildman–Crippen MR) is 230 cm³/mol. The first-order valence-electron chi connectivity index (χ1n) is 22.5. The van der Waals surface area contributed by atoms with Gasteiger partial charge in [-0.2, -0.15) is 0 Å². The topological polar surface area (TPSA) is 197 Å². The number of hydrogen-bond donors (Lipinski definition) is 4. The lowest BCUT2D eigenvalue weighted by atomic mass is 9.78. The molecule has 0 aromatic heterocycles. The van der Waals surface area contributed by atoms with Crippen LogP contribution in [0.15, 0.2) is 47.6 Å². The van der Waals surface area contributed by atoms with Gasteiger partial charge in [0, 0.05) is 50.7 Å². The molecular formula is C48H73NO12. The second-order valence-corrected chi connectivity index (χ2v) is 18.7. The van der Waals surface area contributed by atoms with Gasteiger partial charge in [0.15, 0.2) is 0 Å². The molecule has 2 saturated heterocycles. The maximum absolute atomic E-state index is 14.1. The third-order valence-corrected chi connectivity index (χ3v) is 13.6. The quantitative estimate of drug-likeness (QED) is 0.158. The lowest BCUT2D eigenvalue weighted by Gasteiger charge is -2.41. The van der Waals surface area contributed by atoms with Crippen molar-refractivity contribution in [3.63, 3.8) is 0 Å². The van der Waals surface area contributed by atoms with Crippen LogP contribution in [0.4, 0.5) is 0 Å². The van der Waals surface area contributed by atoms with Gasteiger partial charge in [-0.15, -0.1) is 0 Å². The minimum atomic E-state index is -2.42. The molecule has 4 N–H and O–H groups in total. The minimum absolute atomic E-state index is 0.00522. The van der Waals surface area contributed by atoms with Crippen molar-refractivity contribution in [3.8, 4) is 0 Å². The Labute approximate surface area is 362 Å². The van der Waals surface area contributed by atoms with Gasteiger partial charge in [-0.05, 0) is 101 Å². The predicted octanol–water partition coefficient (Wildman–Crippen LogP) is 5.51. The Hall–Kier alpha value is -3.33. The Morgan fingerprint density at radius 1 is 0.852 bits per heavy atom. The van der Waals surface area contributed by atoms with Crippen molar-refractivity contribution < 1.29 is 58.6 Å². The lowest BCUT2D eigenvalue weighted by molar-refractivity contribution is -0.265. The first-order chi connectivity index (χ1) is 28.7. The normalized spacial score (nSPS) is 40.9. The summed E-state index contributed by atoms with van der Waals surface area (Å²) in [6, 6.07) is -1.13. The average Bonchev–Trinajstić information content (AvgIpc) is 3.71. The molecule has 1 saturated carbocycles. The molecule has 1 aliphatic carbocycles. The van der Waals surface area contributed by atoms with Crippen LogP contribution in [0, 0.1) is 35.5 Å². The molecule has 3 fully saturated rings. The van der Waals surface area contributed by atoms with Crippen molar-refractivity contribution >= 4 is 29.2 Å². The van der Waals surface area contributed by atoms with E-state index in [1.54, 1.807) is 34.0 Å². The van der Waals surface area contributed by atoms with Gasteiger partial charge in [0.1, 0.15) is 23.7 Å². The van der Waals surface area contributed by atoms with E-state index in [9.17, 15) is 44.4 Å². The maximum atomic E-state index is 14.1. The first-order valence-corrected chi connectivity index (χ1v) is 22.5.